The van der Waals surface area contributed by atoms with Gasteiger partial charge in [-0.15, -0.1) is 0 Å². The molecule has 1 aromatic carbocycles. The third kappa shape index (κ3) is 3.21. The predicted octanol–water partition coefficient (Wildman–Crippen LogP) is 3.14. The van der Waals surface area contributed by atoms with Crippen molar-refractivity contribution in [2.45, 2.75) is 12.5 Å². The van der Waals surface area contributed by atoms with Gasteiger partial charge in [-0.05, 0) is 42.3 Å². The molecule has 1 aromatic heterocycles. The molecule has 94 valence electrons. The molecule has 2 aromatic rings. The SMILES string of the molecule is NNC(Cc1cc(Cl)ccc1Cl)c1ccccn1. The Morgan fingerprint density at radius 2 is 2.06 bits per heavy atom. The molecule has 0 saturated heterocycles. The summed E-state index contributed by atoms with van der Waals surface area (Å²) in [6, 6.07) is 11.0. The molecule has 0 aliphatic carbocycles. The summed E-state index contributed by atoms with van der Waals surface area (Å²) in [6.07, 6.45) is 2.37. The van der Waals surface area contributed by atoms with E-state index in [4.69, 9.17) is 29.0 Å². The molecule has 0 aliphatic rings. The Balaban J connectivity index is 2.23. The topological polar surface area (TPSA) is 50.9 Å². The van der Waals surface area contributed by atoms with Crippen LogP contribution in [-0.4, -0.2) is 4.98 Å². The highest BCUT2D eigenvalue weighted by Crippen LogP contribution is 2.25. The average molecular weight is 282 g/mol. The molecule has 0 aliphatic heterocycles. The smallest absolute Gasteiger partial charge is 0.0672 e. The monoisotopic (exact) mass is 281 g/mol. The molecular weight excluding hydrogens is 269 g/mol. The number of pyridine rings is 1. The highest BCUT2D eigenvalue weighted by Gasteiger charge is 2.13. The van der Waals surface area contributed by atoms with E-state index in [0.717, 1.165) is 11.3 Å². The second-order valence-electron chi connectivity index (χ2n) is 3.91. The first-order valence-corrected chi connectivity index (χ1v) is 6.27. The van der Waals surface area contributed by atoms with Crippen LogP contribution >= 0.6 is 23.2 Å². The van der Waals surface area contributed by atoms with Crippen LogP contribution in [0.25, 0.3) is 0 Å². The summed E-state index contributed by atoms with van der Waals surface area (Å²) in [7, 11) is 0. The van der Waals surface area contributed by atoms with Crippen molar-refractivity contribution in [3.8, 4) is 0 Å². The number of hydrogen-bond donors (Lipinski definition) is 2. The van der Waals surface area contributed by atoms with Crippen molar-refractivity contribution < 1.29 is 0 Å². The van der Waals surface area contributed by atoms with Crippen molar-refractivity contribution >= 4 is 23.2 Å². The van der Waals surface area contributed by atoms with E-state index < -0.39 is 0 Å². The standard InChI is InChI=1S/C13H13Cl2N3/c14-10-4-5-11(15)9(7-10)8-13(18-16)12-3-1-2-6-17-12/h1-7,13,18H,8,16H2. The zero-order chi connectivity index (χ0) is 13.0. The van der Waals surface area contributed by atoms with Crippen LogP contribution in [0.15, 0.2) is 42.6 Å². The number of hydrazine groups is 1. The largest absolute Gasteiger partial charge is 0.271 e. The molecular formula is C13H13Cl2N3. The fraction of sp³-hybridized carbons (Fsp3) is 0.154. The van der Waals surface area contributed by atoms with Crippen molar-refractivity contribution in [1.29, 1.82) is 0 Å². The van der Waals surface area contributed by atoms with E-state index in [-0.39, 0.29) is 6.04 Å². The van der Waals surface area contributed by atoms with E-state index in [1.165, 1.54) is 0 Å². The minimum Gasteiger partial charge on any atom is -0.271 e. The zero-order valence-corrected chi connectivity index (χ0v) is 11.1. The molecule has 3 N–H and O–H groups in total. The third-order valence-electron chi connectivity index (χ3n) is 2.68. The van der Waals surface area contributed by atoms with E-state index in [1.54, 1.807) is 18.3 Å². The van der Waals surface area contributed by atoms with Crippen LogP contribution in [-0.2, 0) is 6.42 Å². The number of aromatic nitrogens is 1. The molecule has 1 atom stereocenters. The van der Waals surface area contributed by atoms with Gasteiger partial charge in [-0.25, -0.2) is 0 Å². The van der Waals surface area contributed by atoms with Crippen LogP contribution in [0.2, 0.25) is 10.0 Å². The number of nitrogens with zero attached hydrogens (tertiary/aromatic N) is 1. The lowest BCUT2D eigenvalue weighted by atomic mass is 10.0. The first kappa shape index (κ1) is 13.3. The predicted molar refractivity (Wildman–Crippen MR) is 74.5 cm³/mol. The number of rotatable bonds is 4. The van der Waals surface area contributed by atoms with E-state index in [9.17, 15) is 0 Å². The Morgan fingerprint density at radius 3 is 2.72 bits per heavy atom. The summed E-state index contributed by atoms with van der Waals surface area (Å²) in [5, 5.41) is 1.33. The number of hydrogen-bond acceptors (Lipinski definition) is 3. The Morgan fingerprint density at radius 1 is 1.22 bits per heavy atom. The summed E-state index contributed by atoms with van der Waals surface area (Å²) < 4.78 is 0. The van der Waals surface area contributed by atoms with Gasteiger partial charge in [-0.3, -0.25) is 16.3 Å². The van der Waals surface area contributed by atoms with E-state index in [0.29, 0.717) is 16.5 Å². The first-order chi connectivity index (χ1) is 8.70. The fourth-order valence-corrected chi connectivity index (χ4v) is 2.14. The van der Waals surface area contributed by atoms with E-state index in [2.05, 4.69) is 10.4 Å². The van der Waals surface area contributed by atoms with Gasteiger partial charge in [0.1, 0.15) is 0 Å². The van der Waals surface area contributed by atoms with Gasteiger partial charge in [0.15, 0.2) is 0 Å². The van der Waals surface area contributed by atoms with Crippen LogP contribution < -0.4 is 11.3 Å². The van der Waals surface area contributed by atoms with Crippen LogP contribution in [0, 0.1) is 0 Å². The Kier molecular flexibility index (Phi) is 4.55. The van der Waals surface area contributed by atoms with Crippen molar-refractivity contribution in [3.05, 3.63) is 63.9 Å². The highest BCUT2D eigenvalue weighted by atomic mass is 35.5. The lowest BCUT2D eigenvalue weighted by Crippen LogP contribution is -2.30. The number of nitrogens with one attached hydrogen (secondary N) is 1. The van der Waals surface area contributed by atoms with Crippen LogP contribution in [0.5, 0.6) is 0 Å². The Bertz CT molecular complexity index is 517. The molecule has 1 unspecified atom stereocenters. The molecule has 0 amide bonds. The summed E-state index contributed by atoms with van der Waals surface area (Å²) in [5.41, 5.74) is 4.56. The first-order valence-electron chi connectivity index (χ1n) is 5.51. The molecule has 0 bridgehead atoms. The second kappa shape index (κ2) is 6.16. The summed E-state index contributed by atoms with van der Waals surface area (Å²) in [5.74, 6) is 5.57. The van der Waals surface area contributed by atoms with E-state index >= 15 is 0 Å². The lowest BCUT2D eigenvalue weighted by Gasteiger charge is -2.16. The van der Waals surface area contributed by atoms with Gasteiger partial charge in [0, 0.05) is 16.2 Å². The van der Waals surface area contributed by atoms with Crippen LogP contribution in [0.1, 0.15) is 17.3 Å². The normalized spacial score (nSPS) is 12.4. The molecule has 2 rings (SSSR count). The maximum Gasteiger partial charge on any atom is 0.0672 e. The van der Waals surface area contributed by atoms with Crippen LogP contribution in [0.3, 0.4) is 0 Å². The zero-order valence-electron chi connectivity index (χ0n) is 9.61. The number of nitrogens with two attached hydrogens (primary N) is 1. The number of halogens is 2. The minimum atomic E-state index is -0.0952. The quantitative estimate of drug-likeness (QED) is 0.669. The van der Waals surface area contributed by atoms with Crippen molar-refractivity contribution in [3.63, 3.8) is 0 Å². The minimum absolute atomic E-state index is 0.0952. The maximum atomic E-state index is 6.14. The Labute approximate surface area is 116 Å². The average Bonchev–Trinajstić information content (AvgIpc) is 2.41. The van der Waals surface area contributed by atoms with Crippen molar-refractivity contribution in [2.24, 2.45) is 5.84 Å². The van der Waals surface area contributed by atoms with E-state index in [1.807, 2.05) is 24.3 Å². The van der Waals surface area contributed by atoms with Gasteiger partial charge in [-0.2, -0.15) is 0 Å². The molecule has 0 spiro atoms. The molecule has 1 heterocycles. The van der Waals surface area contributed by atoms with Crippen molar-refractivity contribution in [2.75, 3.05) is 0 Å². The van der Waals surface area contributed by atoms with Gasteiger partial charge in [-0.1, -0.05) is 29.3 Å². The molecule has 0 fully saturated rings. The summed E-state index contributed by atoms with van der Waals surface area (Å²) in [4.78, 5) is 4.28. The summed E-state index contributed by atoms with van der Waals surface area (Å²) in [6.45, 7) is 0. The fourth-order valence-electron chi connectivity index (χ4n) is 1.75. The van der Waals surface area contributed by atoms with Gasteiger partial charge >= 0.3 is 0 Å². The van der Waals surface area contributed by atoms with Gasteiger partial charge in [0.05, 0.1) is 11.7 Å². The molecule has 3 nitrogen and oxygen atoms in total. The van der Waals surface area contributed by atoms with Crippen LogP contribution in [0.4, 0.5) is 0 Å². The summed E-state index contributed by atoms with van der Waals surface area (Å²) >= 11 is 12.1. The number of benzene rings is 1. The Hall–Kier alpha value is -1.13. The highest BCUT2D eigenvalue weighted by molar-refractivity contribution is 6.33. The van der Waals surface area contributed by atoms with Gasteiger partial charge in [0.2, 0.25) is 0 Å². The maximum absolute atomic E-state index is 6.14. The molecule has 18 heavy (non-hydrogen) atoms. The van der Waals surface area contributed by atoms with Gasteiger partial charge in [0.25, 0.3) is 0 Å². The van der Waals surface area contributed by atoms with Gasteiger partial charge < -0.3 is 0 Å². The third-order valence-corrected chi connectivity index (χ3v) is 3.28. The molecule has 0 radical (unpaired) electrons. The molecule has 5 heteroatoms. The second-order valence-corrected chi connectivity index (χ2v) is 4.76. The molecule has 0 saturated carbocycles. The lowest BCUT2D eigenvalue weighted by molar-refractivity contribution is 0.538. The van der Waals surface area contributed by atoms with Crippen molar-refractivity contribution in [1.82, 2.24) is 10.4 Å².